The Morgan fingerprint density at radius 3 is 2.47 bits per heavy atom. The summed E-state index contributed by atoms with van der Waals surface area (Å²) in [7, 11) is -3.44. The van der Waals surface area contributed by atoms with Crippen molar-refractivity contribution in [1.29, 1.82) is 0 Å². The topological polar surface area (TPSA) is 74.7 Å². The molecule has 0 aliphatic carbocycles. The van der Waals surface area contributed by atoms with Gasteiger partial charge >= 0.3 is 5.97 Å². The molecular weight excluding hydrogens is 218 g/mol. The molecule has 0 amide bonds. The van der Waals surface area contributed by atoms with Crippen LogP contribution >= 0.6 is 0 Å². The van der Waals surface area contributed by atoms with Crippen molar-refractivity contribution in [1.82, 2.24) is 4.31 Å². The summed E-state index contributed by atoms with van der Waals surface area (Å²) in [5, 5.41) is 8.39. The Hall–Kier alpha value is -0.620. The first-order chi connectivity index (χ1) is 6.87. The van der Waals surface area contributed by atoms with Gasteiger partial charge < -0.3 is 5.11 Å². The predicted octanol–water partition coefficient (Wildman–Crippen LogP) is 0.664. The maximum absolute atomic E-state index is 11.9. The van der Waals surface area contributed by atoms with E-state index in [4.69, 9.17) is 5.11 Å². The van der Waals surface area contributed by atoms with Gasteiger partial charge in [0.05, 0.1) is 5.25 Å². The molecule has 88 valence electrons. The number of piperidine rings is 1. The quantitative estimate of drug-likeness (QED) is 0.780. The molecule has 1 unspecified atom stereocenters. The molecule has 0 aromatic heterocycles. The summed E-state index contributed by atoms with van der Waals surface area (Å²) in [6, 6.07) is -0.869. The highest BCUT2D eigenvalue weighted by molar-refractivity contribution is 7.89. The first-order valence-electron chi connectivity index (χ1n) is 5.11. The van der Waals surface area contributed by atoms with E-state index < -0.39 is 27.3 Å². The third kappa shape index (κ3) is 2.49. The molecule has 5 nitrogen and oxygen atoms in total. The van der Waals surface area contributed by atoms with E-state index in [0.717, 1.165) is 17.1 Å². The van der Waals surface area contributed by atoms with Gasteiger partial charge in [0.15, 0.2) is 0 Å². The molecule has 1 aliphatic rings. The molecule has 6 heteroatoms. The van der Waals surface area contributed by atoms with Crippen LogP contribution in [0.2, 0.25) is 0 Å². The van der Waals surface area contributed by atoms with Crippen molar-refractivity contribution in [2.45, 2.75) is 44.4 Å². The van der Waals surface area contributed by atoms with Crippen molar-refractivity contribution in [3.63, 3.8) is 0 Å². The molecule has 0 aromatic rings. The molecule has 0 bridgehead atoms. The Balaban J connectivity index is 2.95. The number of carbonyl (C=O) groups is 1. The zero-order valence-corrected chi connectivity index (χ0v) is 9.83. The molecule has 1 fully saturated rings. The third-order valence-corrected chi connectivity index (χ3v) is 4.94. The van der Waals surface area contributed by atoms with Gasteiger partial charge in [0.1, 0.15) is 6.04 Å². The largest absolute Gasteiger partial charge is 0.480 e. The number of sulfonamides is 1. The predicted molar refractivity (Wildman–Crippen MR) is 56.0 cm³/mol. The van der Waals surface area contributed by atoms with E-state index in [1.54, 1.807) is 13.8 Å². The molecule has 1 atom stereocenters. The number of aliphatic carboxylic acids is 1. The van der Waals surface area contributed by atoms with E-state index in [1.807, 2.05) is 0 Å². The van der Waals surface area contributed by atoms with Gasteiger partial charge in [-0.1, -0.05) is 0 Å². The van der Waals surface area contributed by atoms with Gasteiger partial charge in [0, 0.05) is 6.54 Å². The van der Waals surface area contributed by atoms with Gasteiger partial charge in [-0.25, -0.2) is 8.42 Å². The van der Waals surface area contributed by atoms with Crippen LogP contribution in [-0.4, -0.2) is 41.6 Å². The molecule has 0 radical (unpaired) electrons. The molecule has 15 heavy (non-hydrogen) atoms. The summed E-state index contributed by atoms with van der Waals surface area (Å²) in [4.78, 5) is 10.9. The molecule has 1 rings (SSSR count). The minimum absolute atomic E-state index is 0.331. The van der Waals surface area contributed by atoms with E-state index in [2.05, 4.69) is 0 Å². The Morgan fingerprint density at radius 2 is 2.00 bits per heavy atom. The lowest BCUT2D eigenvalue weighted by molar-refractivity contribution is -0.142. The summed E-state index contributed by atoms with van der Waals surface area (Å²) in [5.74, 6) is -1.04. The molecule has 1 N–H and O–H groups in total. The van der Waals surface area contributed by atoms with Crippen LogP contribution in [0.15, 0.2) is 0 Å². The fraction of sp³-hybridized carbons (Fsp3) is 0.889. The van der Waals surface area contributed by atoms with E-state index in [1.165, 1.54) is 0 Å². The summed E-state index contributed by atoms with van der Waals surface area (Å²) < 4.78 is 24.9. The number of hydrogen-bond donors (Lipinski definition) is 1. The second-order valence-corrected chi connectivity index (χ2v) is 6.50. The highest BCUT2D eigenvalue weighted by atomic mass is 32.2. The number of hydrogen-bond acceptors (Lipinski definition) is 3. The third-order valence-electron chi connectivity index (χ3n) is 2.66. The van der Waals surface area contributed by atoms with Gasteiger partial charge in [-0.05, 0) is 33.1 Å². The molecule has 1 saturated heterocycles. The van der Waals surface area contributed by atoms with Gasteiger partial charge in [-0.2, -0.15) is 4.31 Å². The highest BCUT2D eigenvalue weighted by Gasteiger charge is 2.37. The van der Waals surface area contributed by atoms with Crippen molar-refractivity contribution in [3.8, 4) is 0 Å². The minimum atomic E-state index is -3.44. The fourth-order valence-electron chi connectivity index (χ4n) is 1.73. The molecule has 0 spiro atoms. The van der Waals surface area contributed by atoms with Crippen LogP contribution in [0.1, 0.15) is 33.1 Å². The Labute approximate surface area is 90.1 Å². The average molecular weight is 235 g/mol. The van der Waals surface area contributed by atoms with Crippen LogP contribution in [0.3, 0.4) is 0 Å². The number of rotatable bonds is 3. The molecule has 1 heterocycles. The lowest BCUT2D eigenvalue weighted by atomic mass is 10.1. The summed E-state index contributed by atoms with van der Waals surface area (Å²) in [6.45, 7) is 3.48. The molecule has 0 saturated carbocycles. The second kappa shape index (κ2) is 4.49. The van der Waals surface area contributed by atoms with Crippen LogP contribution in [0.4, 0.5) is 0 Å². The molecular formula is C9H17NO4S. The normalized spacial score (nSPS) is 24.3. The van der Waals surface area contributed by atoms with Crippen LogP contribution in [0, 0.1) is 0 Å². The van der Waals surface area contributed by atoms with Crippen LogP contribution in [0.25, 0.3) is 0 Å². The van der Waals surface area contributed by atoms with Gasteiger partial charge in [0.2, 0.25) is 10.0 Å². The van der Waals surface area contributed by atoms with Crippen LogP contribution < -0.4 is 0 Å². The smallest absolute Gasteiger partial charge is 0.322 e. The van der Waals surface area contributed by atoms with Crippen molar-refractivity contribution in [2.24, 2.45) is 0 Å². The highest BCUT2D eigenvalue weighted by Crippen LogP contribution is 2.22. The van der Waals surface area contributed by atoms with Gasteiger partial charge in [0.25, 0.3) is 0 Å². The van der Waals surface area contributed by atoms with E-state index in [0.29, 0.717) is 13.0 Å². The number of carboxylic acid groups (broad SMARTS) is 1. The van der Waals surface area contributed by atoms with Crippen LogP contribution in [0.5, 0.6) is 0 Å². The Kier molecular flexibility index (Phi) is 3.72. The van der Waals surface area contributed by atoms with E-state index in [9.17, 15) is 13.2 Å². The van der Waals surface area contributed by atoms with Crippen molar-refractivity contribution >= 4 is 16.0 Å². The monoisotopic (exact) mass is 235 g/mol. The van der Waals surface area contributed by atoms with Crippen molar-refractivity contribution in [3.05, 3.63) is 0 Å². The molecule has 1 aliphatic heterocycles. The lowest BCUT2D eigenvalue weighted by Crippen LogP contribution is -2.50. The number of carboxylic acids is 1. The fourth-order valence-corrected chi connectivity index (χ4v) is 3.20. The van der Waals surface area contributed by atoms with Gasteiger partial charge in [-0.3, -0.25) is 4.79 Å². The van der Waals surface area contributed by atoms with Crippen LogP contribution in [-0.2, 0) is 14.8 Å². The molecule has 0 aromatic carbocycles. The number of nitrogens with zero attached hydrogens (tertiary/aromatic N) is 1. The maximum atomic E-state index is 11.9. The zero-order chi connectivity index (χ0) is 11.6. The lowest BCUT2D eigenvalue weighted by Gasteiger charge is -2.33. The van der Waals surface area contributed by atoms with E-state index in [-0.39, 0.29) is 0 Å². The average Bonchev–Trinajstić information content (AvgIpc) is 2.17. The van der Waals surface area contributed by atoms with Crippen molar-refractivity contribution in [2.75, 3.05) is 6.54 Å². The first-order valence-corrected chi connectivity index (χ1v) is 6.61. The Morgan fingerprint density at radius 1 is 1.40 bits per heavy atom. The second-order valence-electron chi connectivity index (χ2n) is 4.05. The SMILES string of the molecule is CC(C)S(=O)(=O)N1CCCCC1C(=O)O. The van der Waals surface area contributed by atoms with Crippen molar-refractivity contribution < 1.29 is 18.3 Å². The van der Waals surface area contributed by atoms with E-state index >= 15 is 0 Å². The summed E-state index contributed by atoms with van der Waals surface area (Å²) in [6.07, 6.45) is 1.94. The first kappa shape index (κ1) is 12.4. The minimum Gasteiger partial charge on any atom is -0.480 e. The zero-order valence-electron chi connectivity index (χ0n) is 9.01. The Bertz CT molecular complexity index is 336. The summed E-state index contributed by atoms with van der Waals surface area (Å²) in [5.41, 5.74) is 0. The summed E-state index contributed by atoms with van der Waals surface area (Å²) >= 11 is 0. The standard InChI is InChI=1S/C9H17NO4S/c1-7(2)15(13,14)10-6-4-3-5-8(10)9(11)12/h7-8H,3-6H2,1-2H3,(H,11,12). The maximum Gasteiger partial charge on any atom is 0.322 e. The van der Waals surface area contributed by atoms with Gasteiger partial charge in [-0.15, -0.1) is 0 Å².